The second kappa shape index (κ2) is 5.29. The SMILES string of the molecule is Cc1cc(C(=O)NC2CN(c3nccn4c(C)nnc34)C2)n(C)n1. The number of hydrogen-bond donors (Lipinski definition) is 1. The van der Waals surface area contributed by atoms with Gasteiger partial charge in [-0.1, -0.05) is 0 Å². The van der Waals surface area contributed by atoms with Crippen LogP contribution >= 0.6 is 0 Å². The van der Waals surface area contributed by atoms with E-state index in [4.69, 9.17) is 0 Å². The standard InChI is InChI=1S/C15H18N8O/c1-9-6-12(21(3)20-9)15(24)17-11-7-22(8-11)13-14-19-18-10(2)23(14)5-4-16-13/h4-6,11H,7-8H2,1-3H3,(H,17,24). The van der Waals surface area contributed by atoms with E-state index in [2.05, 4.69) is 30.5 Å². The molecule has 0 unspecified atom stereocenters. The van der Waals surface area contributed by atoms with Gasteiger partial charge >= 0.3 is 0 Å². The number of rotatable bonds is 3. The average Bonchev–Trinajstić information content (AvgIpc) is 3.05. The highest BCUT2D eigenvalue weighted by Gasteiger charge is 2.31. The van der Waals surface area contributed by atoms with Crippen LogP contribution in [0.15, 0.2) is 18.5 Å². The van der Waals surface area contributed by atoms with Crippen molar-refractivity contribution in [3.63, 3.8) is 0 Å². The topological polar surface area (TPSA) is 93.2 Å². The van der Waals surface area contributed by atoms with Crippen LogP contribution in [0.4, 0.5) is 5.82 Å². The number of amides is 1. The van der Waals surface area contributed by atoms with E-state index in [-0.39, 0.29) is 11.9 Å². The van der Waals surface area contributed by atoms with Gasteiger partial charge < -0.3 is 10.2 Å². The Morgan fingerprint density at radius 3 is 2.79 bits per heavy atom. The first kappa shape index (κ1) is 14.6. The van der Waals surface area contributed by atoms with Gasteiger partial charge in [0.25, 0.3) is 5.91 Å². The van der Waals surface area contributed by atoms with Gasteiger partial charge in [0.2, 0.25) is 5.65 Å². The minimum absolute atomic E-state index is 0.0822. The zero-order chi connectivity index (χ0) is 16.8. The summed E-state index contributed by atoms with van der Waals surface area (Å²) in [5, 5.41) is 15.5. The van der Waals surface area contributed by atoms with Crippen LogP contribution in [0.25, 0.3) is 5.65 Å². The summed E-state index contributed by atoms with van der Waals surface area (Å²) in [4.78, 5) is 18.8. The summed E-state index contributed by atoms with van der Waals surface area (Å²) < 4.78 is 3.51. The monoisotopic (exact) mass is 326 g/mol. The van der Waals surface area contributed by atoms with Crippen molar-refractivity contribution in [3.8, 4) is 0 Å². The predicted molar refractivity (Wildman–Crippen MR) is 86.9 cm³/mol. The number of fused-ring (bicyclic) bond motifs is 1. The molecule has 1 aliphatic heterocycles. The molecule has 1 aliphatic rings. The molecule has 1 N–H and O–H groups in total. The number of nitrogens with zero attached hydrogens (tertiary/aromatic N) is 7. The first-order valence-electron chi connectivity index (χ1n) is 7.75. The van der Waals surface area contributed by atoms with Crippen molar-refractivity contribution >= 4 is 17.4 Å². The molecule has 0 saturated carbocycles. The third-order valence-corrected chi connectivity index (χ3v) is 4.23. The van der Waals surface area contributed by atoms with Crippen molar-refractivity contribution in [2.45, 2.75) is 19.9 Å². The molecule has 0 spiro atoms. The molecule has 1 saturated heterocycles. The molecule has 0 atom stereocenters. The number of carbonyl (C=O) groups is 1. The highest BCUT2D eigenvalue weighted by atomic mass is 16.2. The molecule has 3 aromatic rings. The van der Waals surface area contributed by atoms with Crippen molar-refractivity contribution < 1.29 is 4.79 Å². The lowest BCUT2D eigenvalue weighted by atomic mass is 10.1. The summed E-state index contributed by atoms with van der Waals surface area (Å²) in [6.07, 6.45) is 3.58. The van der Waals surface area contributed by atoms with Gasteiger partial charge in [0.05, 0.1) is 11.7 Å². The fourth-order valence-corrected chi connectivity index (χ4v) is 2.98. The lowest BCUT2D eigenvalue weighted by molar-refractivity contribution is 0.0920. The maximum Gasteiger partial charge on any atom is 0.269 e. The predicted octanol–water partition coefficient (Wildman–Crippen LogP) is 0.0932. The van der Waals surface area contributed by atoms with Gasteiger partial charge in [-0.15, -0.1) is 10.2 Å². The molecule has 9 nitrogen and oxygen atoms in total. The normalized spacial score (nSPS) is 14.9. The van der Waals surface area contributed by atoms with E-state index in [1.165, 1.54) is 0 Å². The largest absolute Gasteiger partial charge is 0.349 e. The highest BCUT2D eigenvalue weighted by molar-refractivity contribution is 5.93. The summed E-state index contributed by atoms with van der Waals surface area (Å²) in [5.41, 5.74) is 2.14. The molecule has 0 bridgehead atoms. The quantitative estimate of drug-likeness (QED) is 0.733. The summed E-state index contributed by atoms with van der Waals surface area (Å²) in [6, 6.07) is 1.87. The molecule has 0 aromatic carbocycles. The fraction of sp³-hybridized carbons (Fsp3) is 0.400. The number of nitrogens with one attached hydrogen (secondary N) is 1. The molecule has 0 aliphatic carbocycles. The third-order valence-electron chi connectivity index (χ3n) is 4.23. The molecule has 4 heterocycles. The highest BCUT2D eigenvalue weighted by Crippen LogP contribution is 2.22. The van der Waals surface area contributed by atoms with E-state index < -0.39 is 0 Å². The van der Waals surface area contributed by atoms with Gasteiger partial charge in [0, 0.05) is 32.5 Å². The van der Waals surface area contributed by atoms with Crippen LogP contribution in [-0.2, 0) is 7.05 Å². The van der Waals surface area contributed by atoms with Crippen molar-refractivity contribution in [3.05, 3.63) is 35.7 Å². The Kier molecular flexibility index (Phi) is 3.22. The average molecular weight is 326 g/mol. The van der Waals surface area contributed by atoms with Gasteiger partial charge in [-0.05, 0) is 19.9 Å². The lowest BCUT2D eigenvalue weighted by Gasteiger charge is -2.40. The van der Waals surface area contributed by atoms with Crippen molar-refractivity contribution in [2.24, 2.45) is 7.05 Å². The minimum atomic E-state index is -0.104. The molecule has 0 radical (unpaired) electrons. The third kappa shape index (κ3) is 2.29. The van der Waals surface area contributed by atoms with E-state index in [1.54, 1.807) is 24.0 Å². The number of carbonyl (C=O) groups excluding carboxylic acids is 1. The van der Waals surface area contributed by atoms with Crippen LogP contribution in [0.2, 0.25) is 0 Å². The van der Waals surface area contributed by atoms with Crippen LogP contribution in [0, 0.1) is 13.8 Å². The van der Waals surface area contributed by atoms with Crippen LogP contribution < -0.4 is 10.2 Å². The Bertz CT molecular complexity index is 921. The van der Waals surface area contributed by atoms with E-state index in [1.807, 2.05) is 24.4 Å². The maximum absolute atomic E-state index is 12.3. The molecular weight excluding hydrogens is 308 g/mol. The zero-order valence-corrected chi connectivity index (χ0v) is 13.8. The summed E-state index contributed by atoms with van der Waals surface area (Å²) in [6.45, 7) is 5.16. The molecule has 24 heavy (non-hydrogen) atoms. The molecular formula is C15H18N8O. The van der Waals surface area contributed by atoms with Crippen LogP contribution in [-0.4, -0.2) is 54.4 Å². The van der Waals surface area contributed by atoms with Gasteiger partial charge in [0.1, 0.15) is 11.5 Å². The Hall–Kier alpha value is -2.97. The molecule has 4 rings (SSSR count). The lowest BCUT2D eigenvalue weighted by Crippen LogP contribution is -2.60. The van der Waals surface area contributed by atoms with Crippen LogP contribution in [0.5, 0.6) is 0 Å². The molecule has 1 fully saturated rings. The van der Waals surface area contributed by atoms with Crippen molar-refractivity contribution in [1.29, 1.82) is 0 Å². The second-order valence-corrected chi connectivity index (χ2v) is 6.06. The first-order valence-corrected chi connectivity index (χ1v) is 7.75. The van der Waals surface area contributed by atoms with E-state index >= 15 is 0 Å². The van der Waals surface area contributed by atoms with Gasteiger partial charge in [-0.2, -0.15) is 5.10 Å². The Labute approximate surface area is 138 Å². The van der Waals surface area contributed by atoms with Crippen molar-refractivity contribution in [2.75, 3.05) is 18.0 Å². The number of hydrogen-bond acceptors (Lipinski definition) is 6. The van der Waals surface area contributed by atoms with Gasteiger partial charge in [-0.25, -0.2) is 4.98 Å². The molecule has 1 amide bonds. The minimum Gasteiger partial charge on any atom is -0.349 e. The van der Waals surface area contributed by atoms with Crippen molar-refractivity contribution in [1.82, 2.24) is 34.7 Å². The molecule has 9 heteroatoms. The van der Waals surface area contributed by atoms with Crippen LogP contribution in [0.3, 0.4) is 0 Å². The van der Waals surface area contributed by atoms with Gasteiger partial charge in [-0.3, -0.25) is 13.9 Å². The fourth-order valence-electron chi connectivity index (χ4n) is 2.98. The smallest absolute Gasteiger partial charge is 0.269 e. The Morgan fingerprint density at radius 2 is 2.08 bits per heavy atom. The molecule has 124 valence electrons. The number of aromatic nitrogens is 6. The number of anilines is 1. The summed E-state index contributed by atoms with van der Waals surface area (Å²) >= 11 is 0. The zero-order valence-electron chi connectivity index (χ0n) is 13.8. The van der Waals surface area contributed by atoms with E-state index in [0.717, 1.165) is 23.0 Å². The molecule has 3 aromatic heterocycles. The second-order valence-electron chi connectivity index (χ2n) is 6.06. The van der Waals surface area contributed by atoms with E-state index in [9.17, 15) is 4.79 Å². The van der Waals surface area contributed by atoms with Gasteiger partial charge in [0.15, 0.2) is 5.82 Å². The van der Waals surface area contributed by atoms with Crippen LogP contribution in [0.1, 0.15) is 22.0 Å². The Balaban J connectivity index is 1.44. The maximum atomic E-state index is 12.3. The Morgan fingerprint density at radius 1 is 1.29 bits per heavy atom. The van der Waals surface area contributed by atoms with E-state index in [0.29, 0.717) is 18.8 Å². The summed E-state index contributed by atoms with van der Waals surface area (Å²) in [5.74, 6) is 1.51. The summed E-state index contributed by atoms with van der Waals surface area (Å²) in [7, 11) is 1.77. The number of aryl methyl sites for hydroxylation is 3. The first-order chi connectivity index (χ1) is 11.5.